The molecular weight excluding hydrogens is 370 g/mol. The number of hydrogen-bond acceptors (Lipinski definition) is 2. The van der Waals surface area contributed by atoms with Crippen LogP contribution in [0.15, 0.2) is 53.0 Å². The van der Waals surface area contributed by atoms with Gasteiger partial charge in [-0.05, 0) is 23.8 Å². The minimum absolute atomic E-state index is 0.137. The SMILES string of the molecule is O=C(NCCSCc1ccccc1)c1cc(Br)ccc1Cl. The molecule has 0 saturated heterocycles. The van der Waals surface area contributed by atoms with E-state index in [9.17, 15) is 4.79 Å². The molecule has 0 aliphatic heterocycles. The maximum absolute atomic E-state index is 12.0. The summed E-state index contributed by atoms with van der Waals surface area (Å²) in [7, 11) is 0. The van der Waals surface area contributed by atoms with Crippen LogP contribution in [0, 0.1) is 0 Å². The molecule has 2 nitrogen and oxygen atoms in total. The van der Waals surface area contributed by atoms with Gasteiger partial charge in [-0.2, -0.15) is 11.8 Å². The number of amides is 1. The lowest BCUT2D eigenvalue weighted by molar-refractivity contribution is 0.0956. The molecule has 1 N–H and O–H groups in total. The first-order chi connectivity index (χ1) is 10.2. The zero-order chi connectivity index (χ0) is 15.1. The molecule has 0 saturated carbocycles. The zero-order valence-electron chi connectivity index (χ0n) is 11.3. The summed E-state index contributed by atoms with van der Waals surface area (Å²) >= 11 is 11.2. The van der Waals surface area contributed by atoms with Crippen LogP contribution in [-0.2, 0) is 5.75 Å². The van der Waals surface area contributed by atoms with E-state index in [0.29, 0.717) is 17.1 Å². The van der Waals surface area contributed by atoms with Crippen LogP contribution in [-0.4, -0.2) is 18.2 Å². The number of carbonyl (C=O) groups is 1. The molecule has 0 bridgehead atoms. The Hall–Kier alpha value is -0.970. The van der Waals surface area contributed by atoms with Crippen molar-refractivity contribution < 1.29 is 4.79 Å². The highest BCUT2D eigenvalue weighted by molar-refractivity contribution is 9.10. The second-order valence-electron chi connectivity index (χ2n) is 4.42. The van der Waals surface area contributed by atoms with E-state index in [4.69, 9.17) is 11.6 Å². The molecule has 2 aromatic carbocycles. The maximum atomic E-state index is 12.0. The van der Waals surface area contributed by atoms with Gasteiger partial charge in [-0.3, -0.25) is 4.79 Å². The zero-order valence-corrected chi connectivity index (χ0v) is 14.5. The molecule has 0 heterocycles. The number of benzene rings is 2. The summed E-state index contributed by atoms with van der Waals surface area (Å²) in [5.74, 6) is 1.68. The number of nitrogens with one attached hydrogen (secondary N) is 1. The van der Waals surface area contributed by atoms with Crippen molar-refractivity contribution in [2.75, 3.05) is 12.3 Å². The molecule has 110 valence electrons. The third-order valence-corrected chi connectivity index (χ3v) is 4.67. The summed E-state index contributed by atoms with van der Waals surface area (Å²) in [4.78, 5) is 12.0. The second kappa shape index (κ2) is 8.47. The van der Waals surface area contributed by atoms with Crippen molar-refractivity contribution in [3.05, 3.63) is 69.2 Å². The van der Waals surface area contributed by atoms with Crippen LogP contribution in [0.4, 0.5) is 0 Å². The van der Waals surface area contributed by atoms with Crippen molar-refractivity contribution in [1.82, 2.24) is 5.32 Å². The standard InChI is InChI=1S/C16H15BrClNOS/c17-13-6-7-15(18)14(10-13)16(20)19-8-9-21-11-12-4-2-1-3-5-12/h1-7,10H,8-9,11H2,(H,19,20). The van der Waals surface area contributed by atoms with Crippen LogP contribution >= 0.6 is 39.3 Å². The summed E-state index contributed by atoms with van der Waals surface area (Å²) in [5.41, 5.74) is 1.79. The molecule has 0 spiro atoms. The minimum Gasteiger partial charge on any atom is -0.351 e. The van der Waals surface area contributed by atoms with Crippen molar-refractivity contribution in [3.63, 3.8) is 0 Å². The van der Waals surface area contributed by atoms with Gasteiger partial charge in [0, 0.05) is 22.5 Å². The summed E-state index contributed by atoms with van der Waals surface area (Å²) in [6.07, 6.45) is 0. The highest BCUT2D eigenvalue weighted by Gasteiger charge is 2.09. The Morgan fingerprint density at radius 3 is 2.71 bits per heavy atom. The fourth-order valence-electron chi connectivity index (χ4n) is 1.77. The predicted octanol–water partition coefficient (Wildman–Crippen LogP) is 4.77. The van der Waals surface area contributed by atoms with Gasteiger partial charge in [-0.15, -0.1) is 0 Å². The third kappa shape index (κ3) is 5.38. The molecular formula is C16H15BrClNOS. The molecule has 0 aliphatic rings. The van der Waals surface area contributed by atoms with Crippen LogP contribution in [0.25, 0.3) is 0 Å². The summed E-state index contributed by atoms with van der Waals surface area (Å²) < 4.78 is 0.843. The lowest BCUT2D eigenvalue weighted by Crippen LogP contribution is -2.26. The Balaban J connectivity index is 1.73. The van der Waals surface area contributed by atoms with E-state index >= 15 is 0 Å². The van der Waals surface area contributed by atoms with Gasteiger partial charge in [0.1, 0.15) is 0 Å². The van der Waals surface area contributed by atoms with E-state index in [0.717, 1.165) is 16.0 Å². The van der Waals surface area contributed by atoms with E-state index in [-0.39, 0.29) is 5.91 Å². The first kappa shape index (κ1) is 16.4. The number of carbonyl (C=O) groups excluding carboxylic acids is 1. The van der Waals surface area contributed by atoms with Gasteiger partial charge < -0.3 is 5.32 Å². The Bertz CT molecular complexity index is 606. The van der Waals surface area contributed by atoms with Crippen molar-refractivity contribution in [2.45, 2.75) is 5.75 Å². The van der Waals surface area contributed by atoms with E-state index in [1.54, 1.807) is 23.9 Å². The number of thioether (sulfide) groups is 1. The molecule has 0 unspecified atom stereocenters. The molecule has 0 aromatic heterocycles. The average molecular weight is 385 g/mol. The smallest absolute Gasteiger partial charge is 0.252 e. The van der Waals surface area contributed by atoms with Crippen molar-refractivity contribution >= 4 is 45.2 Å². The number of hydrogen-bond donors (Lipinski definition) is 1. The monoisotopic (exact) mass is 383 g/mol. The number of rotatable bonds is 6. The number of halogens is 2. The Morgan fingerprint density at radius 2 is 1.95 bits per heavy atom. The van der Waals surface area contributed by atoms with E-state index in [2.05, 4.69) is 33.4 Å². The molecule has 0 fully saturated rings. The summed E-state index contributed by atoms with van der Waals surface area (Å²) in [6, 6.07) is 15.5. The van der Waals surface area contributed by atoms with Crippen molar-refractivity contribution in [3.8, 4) is 0 Å². The first-order valence-electron chi connectivity index (χ1n) is 6.52. The normalized spacial score (nSPS) is 10.4. The Morgan fingerprint density at radius 1 is 1.19 bits per heavy atom. The molecule has 0 radical (unpaired) electrons. The largest absolute Gasteiger partial charge is 0.351 e. The van der Waals surface area contributed by atoms with Gasteiger partial charge in [0.25, 0.3) is 5.91 Å². The van der Waals surface area contributed by atoms with E-state index < -0.39 is 0 Å². The Labute approximate surface area is 142 Å². The maximum Gasteiger partial charge on any atom is 0.252 e. The van der Waals surface area contributed by atoms with Crippen molar-refractivity contribution in [2.24, 2.45) is 0 Å². The molecule has 5 heteroatoms. The predicted molar refractivity (Wildman–Crippen MR) is 94.1 cm³/mol. The lowest BCUT2D eigenvalue weighted by atomic mass is 10.2. The fourth-order valence-corrected chi connectivity index (χ4v) is 3.15. The summed E-state index contributed by atoms with van der Waals surface area (Å²) in [5, 5.41) is 3.35. The molecule has 0 aliphatic carbocycles. The summed E-state index contributed by atoms with van der Waals surface area (Å²) in [6.45, 7) is 0.624. The van der Waals surface area contributed by atoms with Gasteiger partial charge in [0.05, 0.1) is 10.6 Å². The van der Waals surface area contributed by atoms with Gasteiger partial charge in [-0.25, -0.2) is 0 Å². The molecule has 0 atom stereocenters. The molecule has 1 amide bonds. The van der Waals surface area contributed by atoms with Gasteiger partial charge in [0.15, 0.2) is 0 Å². The molecule has 21 heavy (non-hydrogen) atoms. The van der Waals surface area contributed by atoms with E-state index in [1.165, 1.54) is 5.56 Å². The third-order valence-electron chi connectivity index (χ3n) is 2.82. The average Bonchev–Trinajstić information content (AvgIpc) is 2.50. The fraction of sp³-hybridized carbons (Fsp3) is 0.188. The lowest BCUT2D eigenvalue weighted by Gasteiger charge is -2.07. The Kier molecular flexibility index (Phi) is 6.61. The highest BCUT2D eigenvalue weighted by Crippen LogP contribution is 2.20. The topological polar surface area (TPSA) is 29.1 Å². The minimum atomic E-state index is -0.137. The molecule has 2 aromatic rings. The van der Waals surface area contributed by atoms with E-state index in [1.807, 2.05) is 24.3 Å². The first-order valence-corrected chi connectivity index (χ1v) is 8.84. The highest BCUT2D eigenvalue weighted by atomic mass is 79.9. The van der Waals surface area contributed by atoms with Crippen LogP contribution in [0.2, 0.25) is 5.02 Å². The van der Waals surface area contributed by atoms with Gasteiger partial charge in [0.2, 0.25) is 0 Å². The van der Waals surface area contributed by atoms with Crippen LogP contribution < -0.4 is 5.32 Å². The second-order valence-corrected chi connectivity index (χ2v) is 6.85. The van der Waals surface area contributed by atoms with Crippen LogP contribution in [0.5, 0.6) is 0 Å². The quantitative estimate of drug-likeness (QED) is 0.727. The van der Waals surface area contributed by atoms with Gasteiger partial charge in [-0.1, -0.05) is 57.9 Å². The van der Waals surface area contributed by atoms with Crippen LogP contribution in [0.1, 0.15) is 15.9 Å². The molecule has 2 rings (SSSR count). The van der Waals surface area contributed by atoms with Crippen molar-refractivity contribution in [1.29, 1.82) is 0 Å². The van der Waals surface area contributed by atoms with Gasteiger partial charge >= 0.3 is 0 Å². The van der Waals surface area contributed by atoms with Crippen LogP contribution in [0.3, 0.4) is 0 Å².